The fourth-order valence-electron chi connectivity index (χ4n) is 1.18. The third-order valence-electron chi connectivity index (χ3n) is 2.11. The maximum Gasteiger partial charge on any atom is 0.322 e. The fourth-order valence-corrected chi connectivity index (χ4v) is 1.51. The third kappa shape index (κ3) is 2.62. The van der Waals surface area contributed by atoms with Gasteiger partial charge < -0.3 is 5.32 Å². The van der Waals surface area contributed by atoms with E-state index in [-0.39, 0.29) is 22.7 Å². The van der Waals surface area contributed by atoms with E-state index in [1.165, 1.54) is 0 Å². The van der Waals surface area contributed by atoms with Gasteiger partial charge >= 0.3 is 6.03 Å². The van der Waals surface area contributed by atoms with Gasteiger partial charge in [-0.05, 0) is 12.7 Å². The van der Waals surface area contributed by atoms with Gasteiger partial charge in [-0.3, -0.25) is 10.1 Å². The van der Waals surface area contributed by atoms with Crippen LogP contribution < -0.4 is 10.6 Å². The molecule has 0 bridgehead atoms. The van der Waals surface area contributed by atoms with E-state index in [2.05, 4.69) is 24.5 Å². The number of carbonyl (C=O) groups excluding carboxylic acids is 2. The van der Waals surface area contributed by atoms with Crippen LogP contribution >= 0.6 is 11.8 Å². The number of hydrogen-bond acceptors (Lipinski definition) is 3. The average Bonchev–Trinajstić information content (AvgIpc) is 2.30. The zero-order valence-electron chi connectivity index (χ0n) is 8.01. The lowest BCUT2D eigenvalue weighted by atomic mass is 10.0. The highest BCUT2D eigenvalue weighted by atomic mass is 32.2. The molecule has 4 nitrogen and oxygen atoms in total. The number of nitrogens with one attached hydrogen (secondary N) is 2. The van der Waals surface area contributed by atoms with Gasteiger partial charge in [0.1, 0.15) is 6.04 Å². The van der Waals surface area contributed by atoms with Gasteiger partial charge in [-0.2, -0.15) is 11.8 Å². The van der Waals surface area contributed by atoms with Crippen LogP contribution in [0.25, 0.3) is 0 Å². The lowest BCUT2D eigenvalue weighted by molar-refractivity contribution is -0.120. The van der Waals surface area contributed by atoms with Crippen LogP contribution in [0.2, 0.25) is 0 Å². The molecule has 0 aromatic rings. The van der Waals surface area contributed by atoms with Gasteiger partial charge in [0.15, 0.2) is 0 Å². The van der Waals surface area contributed by atoms with Gasteiger partial charge in [-0.15, -0.1) is 0 Å². The quantitative estimate of drug-likeness (QED) is 0.663. The standard InChI is InChI=1S/C8H14N2O2S/c1-8(2,13-3)4-5-6(11)10-7(12)9-5/h5H,4H2,1-3H3,(H2,9,10,11,12). The van der Waals surface area contributed by atoms with Crippen molar-refractivity contribution in [3.05, 3.63) is 0 Å². The van der Waals surface area contributed by atoms with Gasteiger partial charge in [-0.1, -0.05) is 13.8 Å². The van der Waals surface area contributed by atoms with Gasteiger partial charge in [0.05, 0.1) is 0 Å². The Bertz CT molecular complexity index is 240. The van der Waals surface area contributed by atoms with Crippen molar-refractivity contribution in [3.8, 4) is 0 Å². The van der Waals surface area contributed by atoms with E-state index in [1.807, 2.05) is 6.26 Å². The molecule has 3 amide bonds. The fraction of sp³-hybridized carbons (Fsp3) is 0.750. The summed E-state index contributed by atoms with van der Waals surface area (Å²) in [5.41, 5.74) is 0. The van der Waals surface area contributed by atoms with Crippen molar-refractivity contribution in [2.24, 2.45) is 0 Å². The Morgan fingerprint density at radius 3 is 2.46 bits per heavy atom. The Morgan fingerprint density at radius 2 is 2.08 bits per heavy atom. The summed E-state index contributed by atoms with van der Waals surface area (Å²) in [7, 11) is 0. The molecule has 1 heterocycles. The smallest absolute Gasteiger partial charge is 0.322 e. The molecule has 0 radical (unpaired) electrons. The molecule has 1 atom stereocenters. The van der Waals surface area contributed by atoms with E-state index in [1.54, 1.807) is 11.8 Å². The number of amides is 3. The van der Waals surface area contributed by atoms with E-state index in [4.69, 9.17) is 0 Å². The maximum absolute atomic E-state index is 11.2. The Balaban J connectivity index is 2.55. The minimum Gasteiger partial charge on any atom is -0.326 e. The normalized spacial score (nSPS) is 22.8. The summed E-state index contributed by atoms with van der Waals surface area (Å²) in [4.78, 5) is 22.0. The summed E-state index contributed by atoms with van der Waals surface area (Å²) in [5.74, 6) is -0.216. The monoisotopic (exact) mass is 202 g/mol. The molecular weight excluding hydrogens is 188 g/mol. The molecule has 2 N–H and O–H groups in total. The molecule has 0 saturated carbocycles. The highest BCUT2D eigenvalue weighted by Crippen LogP contribution is 2.27. The summed E-state index contributed by atoms with van der Waals surface area (Å²) < 4.78 is 0.0135. The molecule has 1 rings (SSSR count). The van der Waals surface area contributed by atoms with Crippen molar-refractivity contribution in [3.63, 3.8) is 0 Å². The van der Waals surface area contributed by atoms with E-state index in [0.717, 1.165) is 0 Å². The summed E-state index contributed by atoms with van der Waals surface area (Å²) >= 11 is 1.69. The maximum atomic E-state index is 11.2. The highest BCUT2D eigenvalue weighted by Gasteiger charge is 2.33. The van der Waals surface area contributed by atoms with Crippen molar-refractivity contribution in [1.82, 2.24) is 10.6 Å². The highest BCUT2D eigenvalue weighted by molar-refractivity contribution is 7.99. The number of thioether (sulfide) groups is 1. The first-order chi connectivity index (χ1) is 5.94. The number of hydrogen-bond donors (Lipinski definition) is 2. The van der Waals surface area contributed by atoms with Gasteiger partial charge in [0.25, 0.3) is 5.91 Å². The first-order valence-corrected chi connectivity index (χ1v) is 5.33. The summed E-state index contributed by atoms with van der Waals surface area (Å²) in [5, 5.41) is 4.80. The van der Waals surface area contributed by atoms with Crippen LogP contribution in [0.15, 0.2) is 0 Å². The summed E-state index contributed by atoms with van der Waals surface area (Å²) in [6, 6.07) is -0.748. The zero-order valence-corrected chi connectivity index (χ0v) is 8.83. The number of imide groups is 1. The molecule has 5 heteroatoms. The molecule has 1 fully saturated rings. The molecule has 13 heavy (non-hydrogen) atoms. The molecule has 1 unspecified atom stereocenters. The molecule has 74 valence electrons. The van der Waals surface area contributed by atoms with E-state index in [0.29, 0.717) is 6.42 Å². The van der Waals surface area contributed by atoms with Gasteiger partial charge in [0.2, 0.25) is 0 Å². The number of urea groups is 1. The average molecular weight is 202 g/mol. The molecule has 1 aliphatic rings. The van der Waals surface area contributed by atoms with Crippen LogP contribution in [-0.2, 0) is 4.79 Å². The number of carbonyl (C=O) groups is 2. The number of rotatable bonds is 3. The van der Waals surface area contributed by atoms with Crippen LogP contribution in [0.1, 0.15) is 20.3 Å². The van der Waals surface area contributed by atoms with Crippen LogP contribution in [0, 0.1) is 0 Å². The third-order valence-corrected chi connectivity index (χ3v) is 3.38. The summed E-state index contributed by atoms with van der Waals surface area (Å²) in [6.45, 7) is 4.10. The molecular formula is C8H14N2O2S. The molecule has 0 spiro atoms. The van der Waals surface area contributed by atoms with E-state index < -0.39 is 0 Å². The molecule has 0 aliphatic carbocycles. The van der Waals surface area contributed by atoms with Gasteiger partial charge in [-0.25, -0.2) is 4.79 Å². The van der Waals surface area contributed by atoms with Crippen LogP contribution in [0.3, 0.4) is 0 Å². The first-order valence-electron chi connectivity index (χ1n) is 4.11. The lowest BCUT2D eigenvalue weighted by Gasteiger charge is -2.23. The van der Waals surface area contributed by atoms with Crippen molar-refractivity contribution >= 4 is 23.7 Å². The van der Waals surface area contributed by atoms with Crippen molar-refractivity contribution < 1.29 is 9.59 Å². The second kappa shape index (κ2) is 3.57. The van der Waals surface area contributed by atoms with Crippen LogP contribution in [0.4, 0.5) is 4.79 Å². The molecule has 0 aromatic heterocycles. The van der Waals surface area contributed by atoms with Crippen LogP contribution in [0.5, 0.6) is 0 Å². The Morgan fingerprint density at radius 1 is 1.46 bits per heavy atom. The van der Waals surface area contributed by atoms with Gasteiger partial charge in [0, 0.05) is 4.75 Å². The molecule has 1 aliphatic heterocycles. The largest absolute Gasteiger partial charge is 0.326 e. The topological polar surface area (TPSA) is 58.2 Å². The zero-order chi connectivity index (χ0) is 10.1. The second-order valence-corrected chi connectivity index (χ2v) is 5.20. The SMILES string of the molecule is CSC(C)(C)CC1NC(=O)NC1=O. The summed E-state index contributed by atoms with van der Waals surface area (Å²) in [6.07, 6.45) is 2.65. The van der Waals surface area contributed by atoms with Crippen molar-refractivity contribution in [2.75, 3.05) is 6.26 Å². The Labute approximate surface area is 81.8 Å². The Kier molecular flexibility index (Phi) is 2.85. The first kappa shape index (κ1) is 10.4. The van der Waals surface area contributed by atoms with Crippen molar-refractivity contribution in [2.45, 2.75) is 31.1 Å². The van der Waals surface area contributed by atoms with Crippen LogP contribution in [-0.4, -0.2) is 29.0 Å². The predicted molar refractivity (Wildman–Crippen MR) is 52.7 cm³/mol. The second-order valence-electron chi connectivity index (χ2n) is 3.68. The molecule has 0 aromatic carbocycles. The lowest BCUT2D eigenvalue weighted by Crippen LogP contribution is -2.35. The predicted octanol–water partition coefficient (Wildman–Crippen LogP) is 0.726. The minimum atomic E-state index is -0.382. The van der Waals surface area contributed by atoms with Crippen molar-refractivity contribution in [1.29, 1.82) is 0 Å². The minimum absolute atomic E-state index is 0.0135. The van der Waals surface area contributed by atoms with E-state index in [9.17, 15) is 9.59 Å². The Hall–Kier alpha value is -0.710. The van der Waals surface area contributed by atoms with E-state index >= 15 is 0 Å². The molecule has 1 saturated heterocycles.